The van der Waals surface area contributed by atoms with E-state index in [0.29, 0.717) is 5.69 Å². The van der Waals surface area contributed by atoms with E-state index in [1.54, 1.807) is 6.07 Å². The van der Waals surface area contributed by atoms with Crippen LogP contribution in [0, 0.1) is 0 Å². The molecule has 0 fully saturated rings. The van der Waals surface area contributed by atoms with E-state index in [-0.39, 0.29) is 18.2 Å². The lowest BCUT2D eigenvalue weighted by Crippen LogP contribution is -2.24. The zero-order chi connectivity index (χ0) is 14.8. The van der Waals surface area contributed by atoms with E-state index < -0.39 is 11.7 Å². The summed E-state index contributed by atoms with van der Waals surface area (Å²) in [6.07, 6.45) is -1.76. The van der Waals surface area contributed by atoms with E-state index in [0.717, 1.165) is 6.07 Å². The number of hydrogen-bond acceptors (Lipinski definition) is 3. The highest BCUT2D eigenvalue weighted by Gasteiger charge is 2.33. The Balaban J connectivity index is 2.38. The highest BCUT2D eigenvalue weighted by Crippen LogP contribution is 2.33. The normalized spacial score (nSPS) is 12.1. The molecule has 1 aromatic heterocycles. The summed E-state index contributed by atoms with van der Waals surface area (Å²) in [7, 11) is 0. The molecule has 0 aliphatic rings. The van der Waals surface area contributed by atoms with Crippen LogP contribution in [0.1, 0.15) is 25.0 Å². The fraction of sp³-hybridized carbons (Fsp3) is 0.385. The van der Waals surface area contributed by atoms with E-state index in [2.05, 4.69) is 15.4 Å². The second-order valence-corrected chi connectivity index (χ2v) is 4.71. The first kappa shape index (κ1) is 14.5. The van der Waals surface area contributed by atoms with Crippen LogP contribution in [0.2, 0.25) is 0 Å². The first-order valence-corrected chi connectivity index (χ1v) is 6.16. The Kier molecular flexibility index (Phi) is 4.08. The van der Waals surface area contributed by atoms with Gasteiger partial charge in [0.05, 0.1) is 11.3 Å². The lowest BCUT2D eigenvalue weighted by atomic mass is 10.1. The molecule has 20 heavy (non-hydrogen) atoms. The van der Waals surface area contributed by atoms with Crippen molar-refractivity contribution in [1.29, 1.82) is 0 Å². The number of alkyl halides is 3. The Morgan fingerprint density at radius 2 is 2.05 bits per heavy atom. The van der Waals surface area contributed by atoms with Crippen molar-refractivity contribution < 1.29 is 13.2 Å². The van der Waals surface area contributed by atoms with Gasteiger partial charge >= 0.3 is 6.18 Å². The molecular weight excluding hydrogens is 269 g/mol. The largest absolute Gasteiger partial charge is 0.416 e. The monoisotopic (exact) mass is 284 g/mol. The Labute approximate surface area is 114 Å². The molecule has 2 aromatic rings. The molecule has 0 atom stereocenters. The quantitative estimate of drug-likeness (QED) is 0.938. The SMILES string of the molecule is CC(C)NCc1ccc(-n2cncn2)cc1C(F)(F)F. The molecule has 0 bridgehead atoms. The van der Waals surface area contributed by atoms with Crippen molar-refractivity contribution in [2.24, 2.45) is 0 Å². The molecule has 2 rings (SSSR count). The van der Waals surface area contributed by atoms with Crippen molar-refractivity contribution in [3.05, 3.63) is 42.0 Å². The number of benzene rings is 1. The van der Waals surface area contributed by atoms with Crippen LogP contribution in [0.4, 0.5) is 13.2 Å². The minimum atomic E-state index is -4.40. The summed E-state index contributed by atoms with van der Waals surface area (Å²) in [6, 6.07) is 4.27. The van der Waals surface area contributed by atoms with E-state index in [1.807, 2.05) is 13.8 Å². The third-order valence-corrected chi connectivity index (χ3v) is 2.78. The van der Waals surface area contributed by atoms with E-state index >= 15 is 0 Å². The Hall–Kier alpha value is -1.89. The molecule has 1 heterocycles. The number of halogens is 3. The van der Waals surface area contributed by atoms with Crippen LogP contribution in [-0.4, -0.2) is 20.8 Å². The van der Waals surface area contributed by atoms with Crippen LogP contribution in [0.15, 0.2) is 30.9 Å². The standard InChI is InChI=1S/C13H15F3N4/c1-9(2)18-6-10-3-4-11(20-8-17-7-19-20)5-12(10)13(14,15)16/h3-5,7-9,18H,6H2,1-2H3. The zero-order valence-corrected chi connectivity index (χ0v) is 11.1. The van der Waals surface area contributed by atoms with Crippen molar-refractivity contribution in [1.82, 2.24) is 20.1 Å². The number of hydrogen-bond donors (Lipinski definition) is 1. The number of aromatic nitrogens is 3. The predicted octanol–water partition coefficient (Wildman–Crippen LogP) is 2.78. The molecule has 0 radical (unpaired) electrons. The van der Waals surface area contributed by atoms with E-state index in [4.69, 9.17) is 0 Å². The average molecular weight is 284 g/mol. The summed E-state index contributed by atoms with van der Waals surface area (Å²) in [4.78, 5) is 3.73. The van der Waals surface area contributed by atoms with Crippen LogP contribution in [0.3, 0.4) is 0 Å². The van der Waals surface area contributed by atoms with Crippen molar-refractivity contribution in [2.75, 3.05) is 0 Å². The predicted molar refractivity (Wildman–Crippen MR) is 68.3 cm³/mol. The lowest BCUT2D eigenvalue weighted by molar-refractivity contribution is -0.138. The Morgan fingerprint density at radius 1 is 1.30 bits per heavy atom. The topological polar surface area (TPSA) is 42.7 Å². The van der Waals surface area contributed by atoms with Crippen LogP contribution in [0.5, 0.6) is 0 Å². The molecular formula is C13H15F3N4. The summed E-state index contributed by atoms with van der Waals surface area (Å²) in [5, 5.41) is 6.83. The lowest BCUT2D eigenvalue weighted by Gasteiger charge is -2.16. The molecule has 0 unspecified atom stereocenters. The van der Waals surface area contributed by atoms with Gasteiger partial charge in [0.2, 0.25) is 0 Å². The van der Waals surface area contributed by atoms with Gasteiger partial charge in [-0.2, -0.15) is 18.3 Å². The third kappa shape index (κ3) is 3.36. The van der Waals surface area contributed by atoms with Gasteiger partial charge in [-0.05, 0) is 17.7 Å². The van der Waals surface area contributed by atoms with Gasteiger partial charge in [-0.3, -0.25) is 0 Å². The van der Waals surface area contributed by atoms with Crippen LogP contribution in [0.25, 0.3) is 5.69 Å². The van der Waals surface area contributed by atoms with Gasteiger partial charge in [-0.25, -0.2) is 9.67 Å². The second-order valence-electron chi connectivity index (χ2n) is 4.71. The Bertz CT molecular complexity index is 561. The Morgan fingerprint density at radius 3 is 2.60 bits per heavy atom. The summed E-state index contributed by atoms with van der Waals surface area (Å²) in [6.45, 7) is 3.94. The van der Waals surface area contributed by atoms with E-state index in [1.165, 1.54) is 23.4 Å². The van der Waals surface area contributed by atoms with Gasteiger partial charge in [0.25, 0.3) is 0 Å². The highest BCUT2D eigenvalue weighted by molar-refractivity contribution is 5.41. The van der Waals surface area contributed by atoms with Gasteiger partial charge in [-0.15, -0.1) is 0 Å². The summed E-state index contributed by atoms with van der Waals surface area (Å²) in [5.74, 6) is 0. The van der Waals surface area contributed by atoms with Gasteiger partial charge < -0.3 is 5.32 Å². The molecule has 0 saturated carbocycles. The maximum absolute atomic E-state index is 13.1. The number of nitrogens with one attached hydrogen (secondary N) is 1. The molecule has 0 amide bonds. The highest BCUT2D eigenvalue weighted by atomic mass is 19.4. The molecule has 7 heteroatoms. The second kappa shape index (κ2) is 5.62. The molecule has 0 saturated heterocycles. The maximum atomic E-state index is 13.1. The molecule has 1 N–H and O–H groups in total. The maximum Gasteiger partial charge on any atom is 0.416 e. The van der Waals surface area contributed by atoms with Gasteiger partial charge in [-0.1, -0.05) is 19.9 Å². The molecule has 0 aliphatic carbocycles. The van der Waals surface area contributed by atoms with Crippen LogP contribution >= 0.6 is 0 Å². The van der Waals surface area contributed by atoms with Gasteiger partial charge in [0, 0.05) is 12.6 Å². The molecule has 108 valence electrons. The molecule has 0 aliphatic heterocycles. The first-order chi connectivity index (χ1) is 9.38. The minimum Gasteiger partial charge on any atom is -0.310 e. The van der Waals surface area contributed by atoms with Gasteiger partial charge in [0.15, 0.2) is 0 Å². The minimum absolute atomic E-state index is 0.117. The number of nitrogens with zero attached hydrogens (tertiary/aromatic N) is 3. The summed E-state index contributed by atoms with van der Waals surface area (Å²) in [5.41, 5.74) is -0.100. The van der Waals surface area contributed by atoms with E-state index in [9.17, 15) is 13.2 Å². The zero-order valence-electron chi connectivity index (χ0n) is 11.1. The fourth-order valence-corrected chi connectivity index (χ4v) is 1.78. The fourth-order valence-electron chi connectivity index (χ4n) is 1.78. The van der Waals surface area contributed by atoms with Crippen molar-refractivity contribution in [3.8, 4) is 5.69 Å². The molecule has 1 aromatic carbocycles. The van der Waals surface area contributed by atoms with Crippen LogP contribution in [-0.2, 0) is 12.7 Å². The van der Waals surface area contributed by atoms with Crippen molar-refractivity contribution >= 4 is 0 Å². The van der Waals surface area contributed by atoms with Crippen molar-refractivity contribution in [3.63, 3.8) is 0 Å². The third-order valence-electron chi connectivity index (χ3n) is 2.78. The van der Waals surface area contributed by atoms with Crippen LogP contribution < -0.4 is 5.32 Å². The summed E-state index contributed by atoms with van der Waals surface area (Å²) < 4.78 is 40.7. The molecule has 4 nitrogen and oxygen atoms in total. The van der Waals surface area contributed by atoms with Gasteiger partial charge in [0.1, 0.15) is 12.7 Å². The molecule has 0 spiro atoms. The average Bonchev–Trinajstić information content (AvgIpc) is 2.88. The smallest absolute Gasteiger partial charge is 0.310 e. The first-order valence-electron chi connectivity index (χ1n) is 6.16. The van der Waals surface area contributed by atoms with Crippen molar-refractivity contribution in [2.45, 2.75) is 32.6 Å². The summed E-state index contributed by atoms with van der Waals surface area (Å²) >= 11 is 0. The number of rotatable bonds is 4.